The second kappa shape index (κ2) is 9.78. The Morgan fingerprint density at radius 3 is 2.54 bits per heavy atom. The topological polar surface area (TPSA) is 118 Å². The maximum atomic E-state index is 12.2. The van der Waals surface area contributed by atoms with E-state index in [4.69, 9.17) is 14.7 Å². The highest BCUT2D eigenvalue weighted by Gasteiger charge is 2.27. The zero-order chi connectivity index (χ0) is 25.3. The number of aromatic nitrogens is 3. The minimum absolute atomic E-state index is 0.298. The van der Waals surface area contributed by atoms with E-state index in [1.807, 2.05) is 31.1 Å². The predicted molar refractivity (Wildman–Crippen MR) is 137 cm³/mol. The van der Waals surface area contributed by atoms with Crippen LogP contribution in [0.3, 0.4) is 0 Å². The fourth-order valence-corrected chi connectivity index (χ4v) is 5.36. The molecule has 0 spiro atoms. The van der Waals surface area contributed by atoms with Gasteiger partial charge in [0.1, 0.15) is 16.5 Å². The molecule has 1 N–H and O–H groups in total. The van der Waals surface area contributed by atoms with Gasteiger partial charge in [0.15, 0.2) is 15.0 Å². The van der Waals surface area contributed by atoms with Crippen molar-refractivity contribution in [2.24, 2.45) is 0 Å². The molecule has 0 radical (unpaired) electrons. The summed E-state index contributed by atoms with van der Waals surface area (Å²) in [5.41, 5.74) is 2.62. The van der Waals surface area contributed by atoms with E-state index in [1.54, 1.807) is 26.0 Å². The van der Waals surface area contributed by atoms with E-state index >= 15 is 0 Å². The van der Waals surface area contributed by atoms with Gasteiger partial charge in [-0.15, -0.1) is 0 Å². The second-order valence-corrected chi connectivity index (χ2v) is 11.4. The molecule has 0 saturated carbocycles. The molecule has 186 valence electrons. The molecule has 1 aliphatic rings. The Morgan fingerprint density at radius 2 is 1.91 bits per heavy atom. The maximum Gasteiger partial charge on any atom is 0.350 e. The van der Waals surface area contributed by atoms with Gasteiger partial charge >= 0.3 is 5.97 Å². The van der Waals surface area contributed by atoms with Crippen molar-refractivity contribution < 1.29 is 17.9 Å². The summed E-state index contributed by atoms with van der Waals surface area (Å²) in [5.74, 6) is 1.62. The fourth-order valence-electron chi connectivity index (χ4n) is 3.87. The van der Waals surface area contributed by atoms with Crippen molar-refractivity contribution in [3.8, 4) is 0 Å². The van der Waals surface area contributed by atoms with Gasteiger partial charge in [0.25, 0.3) is 0 Å². The first-order valence-electron chi connectivity index (χ1n) is 11.1. The van der Waals surface area contributed by atoms with Crippen molar-refractivity contribution in [2.75, 3.05) is 48.6 Å². The number of carbonyl (C=O) groups excluding carboxylic acids is 1. The molecule has 2 aromatic heterocycles. The molecule has 10 nitrogen and oxygen atoms in total. The number of esters is 1. The fraction of sp³-hybridized carbons (Fsp3) is 0.391. The summed E-state index contributed by atoms with van der Waals surface area (Å²) in [4.78, 5) is 30.9. The van der Waals surface area contributed by atoms with Crippen molar-refractivity contribution in [1.29, 1.82) is 0 Å². The van der Waals surface area contributed by atoms with Crippen LogP contribution in [-0.4, -0.2) is 62.8 Å². The van der Waals surface area contributed by atoms with Crippen molar-refractivity contribution in [3.05, 3.63) is 46.0 Å². The molecule has 0 aliphatic carbocycles. The zero-order valence-corrected chi connectivity index (χ0v) is 22.0. The standard InChI is InChI=1S/C23H28N6O4S2/c1-6-33-21(30)18-14(2)24-23(34-18)27-22-25-19(28(3)4)17-11-12-29(20(17)26-22)13-15-7-9-16(10-8-15)35(5,31)32/h7-10H,6,11-13H2,1-5H3,(H,24,25,26,27). The Kier molecular flexibility index (Phi) is 6.95. The zero-order valence-electron chi connectivity index (χ0n) is 20.3. The van der Waals surface area contributed by atoms with Gasteiger partial charge < -0.3 is 14.5 Å². The Hall–Kier alpha value is -3.25. The predicted octanol–water partition coefficient (Wildman–Crippen LogP) is 3.19. The third kappa shape index (κ3) is 5.38. The molecular formula is C23H28N6O4S2. The molecule has 1 aliphatic heterocycles. The van der Waals surface area contributed by atoms with E-state index in [2.05, 4.69) is 15.2 Å². The molecule has 1 aromatic carbocycles. The smallest absolute Gasteiger partial charge is 0.350 e. The van der Waals surface area contributed by atoms with Crippen LogP contribution in [0.2, 0.25) is 0 Å². The number of thiazole rings is 1. The first-order valence-corrected chi connectivity index (χ1v) is 13.8. The molecule has 0 unspecified atom stereocenters. The van der Waals surface area contributed by atoms with E-state index in [0.717, 1.165) is 35.7 Å². The molecule has 0 amide bonds. The van der Waals surface area contributed by atoms with Crippen molar-refractivity contribution >= 4 is 49.9 Å². The maximum absolute atomic E-state index is 12.2. The number of hydrogen-bond acceptors (Lipinski definition) is 11. The summed E-state index contributed by atoms with van der Waals surface area (Å²) in [7, 11) is 0.634. The molecule has 35 heavy (non-hydrogen) atoms. The highest BCUT2D eigenvalue weighted by molar-refractivity contribution is 7.90. The highest BCUT2D eigenvalue weighted by Crippen LogP contribution is 2.35. The quantitative estimate of drug-likeness (QED) is 0.447. The van der Waals surface area contributed by atoms with Crippen LogP contribution in [0.15, 0.2) is 29.2 Å². The lowest BCUT2D eigenvalue weighted by atomic mass is 10.2. The van der Waals surface area contributed by atoms with Gasteiger partial charge in [-0.05, 0) is 38.0 Å². The summed E-state index contributed by atoms with van der Waals surface area (Å²) in [6, 6.07) is 6.92. The second-order valence-electron chi connectivity index (χ2n) is 8.43. The van der Waals surface area contributed by atoms with Gasteiger partial charge in [-0.1, -0.05) is 23.5 Å². The number of rotatable bonds is 8. The molecular weight excluding hydrogens is 488 g/mol. The third-order valence-corrected chi connectivity index (χ3v) is 7.70. The van der Waals surface area contributed by atoms with Crippen LogP contribution in [-0.2, 0) is 27.5 Å². The summed E-state index contributed by atoms with van der Waals surface area (Å²) >= 11 is 1.20. The van der Waals surface area contributed by atoms with E-state index in [1.165, 1.54) is 17.6 Å². The van der Waals surface area contributed by atoms with Gasteiger partial charge in [0.05, 0.1) is 17.2 Å². The number of carbonyl (C=O) groups is 1. The molecule has 12 heteroatoms. The van der Waals surface area contributed by atoms with Crippen molar-refractivity contribution in [3.63, 3.8) is 0 Å². The van der Waals surface area contributed by atoms with Crippen LogP contribution in [0.25, 0.3) is 0 Å². The average Bonchev–Trinajstić information content (AvgIpc) is 3.36. The number of sulfone groups is 1. The van der Waals surface area contributed by atoms with E-state index in [-0.39, 0.29) is 0 Å². The van der Waals surface area contributed by atoms with Crippen LogP contribution < -0.4 is 15.1 Å². The molecule has 0 fully saturated rings. The lowest BCUT2D eigenvalue weighted by Crippen LogP contribution is -2.21. The van der Waals surface area contributed by atoms with Crippen LogP contribution in [0.4, 0.5) is 22.7 Å². The molecule has 3 aromatic rings. The molecule has 0 saturated heterocycles. The van der Waals surface area contributed by atoms with Crippen molar-refractivity contribution in [1.82, 2.24) is 15.0 Å². The summed E-state index contributed by atoms with van der Waals surface area (Å²) in [5, 5.41) is 3.66. The lowest BCUT2D eigenvalue weighted by Gasteiger charge is -2.21. The van der Waals surface area contributed by atoms with E-state index in [0.29, 0.717) is 39.7 Å². The molecule has 4 rings (SSSR count). The first-order chi connectivity index (χ1) is 16.6. The number of fused-ring (bicyclic) bond motifs is 1. The number of nitrogens with zero attached hydrogens (tertiary/aromatic N) is 5. The van der Waals surface area contributed by atoms with E-state index < -0.39 is 15.8 Å². The summed E-state index contributed by atoms with van der Waals surface area (Å²) in [6.07, 6.45) is 2.00. The molecule has 3 heterocycles. The monoisotopic (exact) mass is 516 g/mol. The molecule has 0 atom stereocenters. The minimum atomic E-state index is -3.24. The van der Waals surface area contributed by atoms with Crippen LogP contribution in [0.1, 0.15) is 33.4 Å². The number of nitrogens with one attached hydrogen (secondary N) is 1. The lowest BCUT2D eigenvalue weighted by molar-refractivity contribution is 0.0531. The van der Waals surface area contributed by atoms with Gasteiger partial charge in [-0.3, -0.25) is 5.32 Å². The normalized spacial score (nSPS) is 13.0. The Bertz CT molecular complexity index is 1350. The third-order valence-electron chi connectivity index (χ3n) is 5.52. The van der Waals surface area contributed by atoms with Gasteiger partial charge in [-0.2, -0.15) is 9.97 Å². The minimum Gasteiger partial charge on any atom is -0.462 e. The van der Waals surface area contributed by atoms with Gasteiger partial charge in [0, 0.05) is 39.0 Å². The summed E-state index contributed by atoms with van der Waals surface area (Å²) in [6.45, 7) is 5.18. The number of hydrogen-bond donors (Lipinski definition) is 1. The Labute approximate surface area is 208 Å². The van der Waals surface area contributed by atoms with E-state index in [9.17, 15) is 13.2 Å². The average molecular weight is 517 g/mol. The van der Waals surface area contributed by atoms with Crippen LogP contribution in [0.5, 0.6) is 0 Å². The first kappa shape index (κ1) is 24.9. The summed E-state index contributed by atoms with van der Waals surface area (Å²) < 4.78 is 28.6. The Morgan fingerprint density at radius 1 is 1.20 bits per heavy atom. The highest BCUT2D eigenvalue weighted by atomic mass is 32.2. The number of benzene rings is 1. The van der Waals surface area contributed by atoms with Gasteiger partial charge in [-0.25, -0.2) is 18.2 Å². The number of anilines is 4. The number of aryl methyl sites for hydroxylation is 1. The van der Waals surface area contributed by atoms with Crippen LogP contribution in [0, 0.1) is 6.92 Å². The SMILES string of the molecule is CCOC(=O)c1sc(Nc2nc(N(C)C)c3c(n2)N(Cc2ccc(S(C)(=O)=O)cc2)CC3)nc1C. The van der Waals surface area contributed by atoms with Crippen LogP contribution >= 0.6 is 11.3 Å². The molecule has 0 bridgehead atoms. The van der Waals surface area contributed by atoms with Crippen molar-refractivity contribution in [2.45, 2.75) is 31.7 Å². The largest absolute Gasteiger partial charge is 0.462 e. The Balaban J connectivity index is 1.62. The number of ether oxygens (including phenoxy) is 1. The van der Waals surface area contributed by atoms with Gasteiger partial charge in [0.2, 0.25) is 5.95 Å².